The fourth-order valence-electron chi connectivity index (χ4n) is 2.46. The van der Waals surface area contributed by atoms with E-state index in [9.17, 15) is 0 Å². The van der Waals surface area contributed by atoms with Crippen LogP contribution in [0, 0.1) is 13.8 Å². The number of para-hydroxylation sites is 1. The van der Waals surface area contributed by atoms with Crippen molar-refractivity contribution in [1.29, 1.82) is 0 Å². The predicted molar refractivity (Wildman–Crippen MR) is 74.2 cm³/mol. The molecule has 0 fully saturated rings. The number of ether oxygens (including phenoxy) is 1. The minimum Gasteiger partial charge on any atom is -0.481 e. The van der Waals surface area contributed by atoms with Crippen molar-refractivity contribution in [3.63, 3.8) is 0 Å². The fourth-order valence-corrected chi connectivity index (χ4v) is 2.46. The van der Waals surface area contributed by atoms with Crippen molar-refractivity contribution in [1.82, 2.24) is 0 Å². The second-order valence-corrected chi connectivity index (χ2v) is 4.80. The first-order valence-electron chi connectivity index (χ1n) is 6.31. The Balaban J connectivity index is 1.96. The summed E-state index contributed by atoms with van der Waals surface area (Å²) in [6, 6.07) is 14.6. The second-order valence-electron chi connectivity index (χ2n) is 4.80. The molecule has 92 valence electrons. The number of benzene rings is 2. The highest BCUT2D eigenvalue weighted by molar-refractivity contribution is 5.61. The molecule has 0 radical (unpaired) electrons. The molecule has 18 heavy (non-hydrogen) atoms. The normalized spacial score (nSPS) is 17.6. The SMILES string of the molecule is Cc1ccccc1C1CNc2cccc(C)c2O1. The molecule has 0 bridgehead atoms. The van der Waals surface area contributed by atoms with Gasteiger partial charge in [0.2, 0.25) is 0 Å². The summed E-state index contributed by atoms with van der Waals surface area (Å²) in [4.78, 5) is 0. The van der Waals surface area contributed by atoms with Crippen LogP contribution in [-0.4, -0.2) is 6.54 Å². The summed E-state index contributed by atoms with van der Waals surface area (Å²) < 4.78 is 6.17. The van der Waals surface area contributed by atoms with Crippen molar-refractivity contribution in [2.75, 3.05) is 11.9 Å². The van der Waals surface area contributed by atoms with E-state index in [0.29, 0.717) is 0 Å². The van der Waals surface area contributed by atoms with Gasteiger partial charge in [0.25, 0.3) is 0 Å². The van der Waals surface area contributed by atoms with Gasteiger partial charge in [-0.15, -0.1) is 0 Å². The Hall–Kier alpha value is -1.96. The lowest BCUT2D eigenvalue weighted by atomic mass is 10.0. The largest absolute Gasteiger partial charge is 0.481 e. The maximum Gasteiger partial charge on any atom is 0.146 e. The van der Waals surface area contributed by atoms with Gasteiger partial charge in [-0.25, -0.2) is 0 Å². The van der Waals surface area contributed by atoms with Crippen LogP contribution < -0.4 is 10.1 Å². The van der Waals surface area contributed by atoms with E-state index in [4.69, 9.17) is 4.74 Å². The van der Waals surface area contributed by atoms with Crippen molar-refractivity contribution in [3.05, 3.63) is 59.2 Å². The monoisotopic (exact) mass is 239 g/mol. The van der Waals surface area contributed by atoms with Gasteiger partial charge in [-0.2, -0.15) is 0 Å². The third-order valence-electron chi connectivity index (χ3n) is 3.49. The summed E-state index contributed by atoms with van der Waals surface area (Å²) in [6.45, 7) is 5.04. The van der Waals surface area contributed by atoms with E-state index in [1.807, 2.05) is 0 Å². The summed E-state index contributed by atoms with van der Waals surface area (Å²) in [6.07, 6.45) is 0.0970. The second kappa shape index (κ2) is 4.37. The van der Waals surface area contributed by atoms with Crippen LogP contribution >= 0.6 is 0 Å². The van der Waals surface area contributed by atoms with E-state index < -0.39 is 0 Å². The van der Waals surface area contributed by atoms with Gasteiger partial charge in [-0.1, -0.05) is 36.4 Å². The standard InChI is InChI=1S/C16H17NO/c1-11-6-3-4-8-13(11)15-10-17-14-9-5-7-12(2)16(14)18-15/h3-9,15,17H,10H2,1-2H3. The molecule has 0 amide bonds. The van der Waals surface area contributed by atoms with Crippen LogP contribution in [0.2, 0.25) is 0 Å². The van der Waals surface area contributed by atoms with Gasteiger partial charge in [0.1, 0.15) is 11.9 Å². The van der Waals surface area contributed by atoms with Crippen LogP contribution in [0.1, 0.15) is 22.8 Å². The van der Waals surface area contributed by atoms with Crippen molar-refractivity contribution < 1.29 is 4.74 Å². The Bertz CT molecular complexity index is 577. The molecule has 0 spiro atoms. The van der Waals surface area contributed by atoms with Gasteiger partial charge in [-0.3, -0.25) is 0 Å². The van der Waals surface area contributed by atoms with E-state index in [0.717, 1.165) is 18.0 Å². The Morgan fingerprint density at radius 3 is 2.61 bits per heavy atom. The average Bonchev–Trinajstić information content (AvgIpc) is 2.40. The van der Waals surface area contributed by atoms with E-state index in [2.05, 4.69) is 61.6 Å². The highest BCUT2D eigenvalue weighted by Gasteiger charge is 2.22. The fraction of sp³-hybridized carbons (Fsp3) is 0.250. The van der Waals surface area contributed by atoms with Gasteiger partial charge in [-0.05, 0) is 36.6 Å². The summed E-state index contributed by atoms with van der Waals surface area (Å²) in [7, 11) is 0. The van der Waals surface area contributed by atoms with E-state index in [-0.39, 0.29) is 6.10 Å². The number of nitrogens with one attached hydrogen (secondary N) is 1. The van der Waals surface area contributed by atoms with E-state index in [1.165, 1.54) is 16.7 Å². The van der Waals surface area contributed by atoms with Crippen LogP contribution in [0.25, 0.3) is 0 Å². The molecule has 2 heteroatoms. The van der Waals surface area contributed by atoms with Gasteiger partial charge in [0.05, 0.1) is 12.2 Å². The molecule has 3 rings (SSSR count). The number of anilines is 1. The highest BCUT2D eigenvalue weighted by atomic mass is 16.5. The van der Waals surface area contributed by atoms with Crippen molar-refractivity contribution in [2.24, 2.45) is 0 Å². The van der Waals surface area contributed by atoms with Crippen LogP contribution in [0.5, 0.6) is 5.75 Å². The van der Waals surface area contributed by atoms with Gasteiger partial charge < -0.3 is 10.1 Å². The molecule has 0 saturated carbocycles. The molecule has 0 aromatic heterocycles. The molecular weight excluding hydrogens is 222 g/mol. The molecule has 1 heterocycles. The zero-order chi connectivity index (χ0) is 12.5. The van der Waals surface area contributed by atoms with E-state index in [1.54, 1.807) is 0 Å². The zero-order valence-electron chi connectivity index (χ0n) is 10.7. The lowest BCUT2D eigenvalue weighted by Crippen LogP contribution is -2.24. The lowest BCUT2D eigenvalue weighted by Gasteiger charge is -2.29. The highest BCUT2D eigenvalue weighted by Crippen LogP contribution is 2.37. The van der Waals surface area contributed by atoms with Crippen LogP contribution in [0.4, 0.5) is 5.69 Å². The topological polar surface area (TPSA) is 21.3 Å². The number of rotatable bonds is 1. The number of hydrogen-bond acceptors (Lipinski definition) is 2. The first kappa shape index (κ1) is 11.1. The number of aryl methyl sites for hydroxylation is 2. The first-order valence-corrected chi connectivity index (χ1v) is 6.31. The average molecular weight is 239 g/mol. The molecule has 1 atom stereocenters. The molecular formula is C16H17NO. The minimum absolute atomic E-state index is 0.0970. The lowest BCUT2D eigenvalue weighted by molar-refractivity contribution is 0.208. The molecule has 1 aliphatic rings. The first-order chi connectivity index (χ1) is 8.75. The van der Waals surface area contributed by atoms with Gasteiger partial charge >= 0.3 is 0 Å². The molecule has 2 nitrogen and oxygen atoms in total. The van der Waals surface area contributed by atoms with Gasteiger partial charge in [0.15, 0.2) is 0 Å². The Kier molecular flexibility index (Phi) is 2.71. The van der Waals surface area contributed by atoms with Crippen molar-refractivity contribution >= 4 is 5.69 Å². The minimum atomic E-state index is 0.0970. The van der Waals surface area contributed by atoms with Crippen LogP contribution in [0.3, 0.4) is 0 Å². The Morgan fingerprint density at radius 2 is 1.78 bits per heavy atom. The van der Waals surface area contributed by atoms with Crippen LogP contribution in [-0.2, 0) is 0 Å². The van der Waals surface area contributed by atoms with Gasteiger partial charge in [0, 0.05) is 0 Å². The molecule has 0 aliphatic carbocycles. The number of fused-ring (bicyclic) bond motifs is 1. The van der Waals surface area contributed by atoms with Crippen molar-refractivity contribution in [2.45, 2.75) is 20.0 Å². The van der Waals surface area contributed by atoms with Crippen LogP contribution in [0.15, 0.2) is 42.5 Å². The number of hydrogen-bond donors (Lipinski definition) is 1. The molecule has 0 saturated heterocycles. The molecule has 1 aliphatic heterocycles. The zero-order valence-corrected chi connectivity index (χ0v) is 10.7. The summed E-state index contributed by atoms with van der Waals surface area (Å²) in [5, 5.41) is 3.45. The summed E-state index contributed by atoms with van der Waals surface area (Å²) in [5.74, 6) is 0.983. The molecule has 2 aromatic carbocycles. The maximum atomic E-state index is 6.17. The Labute approximate surface area is 108 Å². The third kappa shape index (κ3) is 1.84. The smallest absolute Gasteiger partial charge is 0.146 e. The summed E-state index contributed by atoms with van der Waals surface area (Å²) >= 11 is 0. The molecule has 2 aromatic rings. The quantitative estimate of drug-likeness (QED) is 0.816. The third-order valence-corrected chi connectivity index (χ3v) is 3.49. The molecule has 1 unspecified atom stereocenters. The maximum absolute atomic E-state index is 6.17. The molecule has 1 N–H and O–H groups in total. The predicted octanol–water partition coefficient (Wildman–Crippen LogP) is 3.85. The van der Waals surface area contributed by atoms with E-state index >= 15 is 0 Å². The Morgan fingerprint density at radius 1 is 1.00 bits per heavy atom. The summed E-state index contributed by atoms with van der Waals surface area (Å²) in [5.41, 5.74) is 4.82. The van der Waals surface area contributed by atoms with Crippen molar-refractivity contribution in [3.8, 4) is 5.75 Å².